The highest BCUT2D eigenvalue weighted by Crippen LogP contribution is 2.29. The van der Waals surface area contributed by atoms with Crippen LogP contribution in [0.5, 0.6) is 0 Å². The number of hydrogen-bond acceptors (Lipinski definition) is 5. The lowest BCUT2D eigenvalue weighted by Crippen LogP contribution is -2.11. The minimum Gasteiger partial charge on any atom is -0.399 e. The van der Waals surface area contributed by atoms with Crippen LogP contribution in [-0.4, -0.2) is 16.0 Å². The molecule has 3 N–H and O–H groups in total. The summed E-state index contributed by atoms with van der Waals surface area (Å²) in [5, 5.41) is 5.96. The van der Waals surface area contributed by atoms with Crippen molar-refractivity contribution in [3.05, 3.63) is 60.0 Å². The second kappa shape index (κ2) is 7.44. The third-order valence-corrected chi connectivity index (χ3v) is 3.24. The van der Waals surface area contributed by atoms with Gasteiger partial charge in [-0.25, -0.2) is 0 Å². The molecule has 3 aromatic rings. The Labute approximate surface area is 151 Å². The van der Waals surface area contributed by atoms with E-state index in [1.54, 1.807) is 24.3 Å². The lowest BCUT2D eigenvalue weighted by atomic mass is 10.1. The van der Waals surface area contributed by atoms with Crippen molar-refractivity contribution in [3.8, 4) is 11.4 Å². The molecule has 136 valence electrons. The van der Waals surface area contributed by atoms with E-state index < -0.39 is 12.1 Å². The molecule has 0 unspecified atom stereocenters. The van der Waals surface area contributed by atoms with Gasteiger partial charge in [0.2, 0.25) is 5.82 Å². The summed E-state index contributed by atoms with van der Waals surface area (Å²) < 4.78 is 41.6. The van der Waals surface area contributed by atoms with Crippen LogP contribution in [0.2, 0.25) is 0 Å². The van der Waals surface area contributed by atoms with Crippen LogP contribution < -0.4 is 11.1 Å². The maximum Gasteiger partial charge on any atom is 0.471 e. The van der Waals surface area contributed by atoms with Crippen LogP contribution in [0.3, 0.4) is 0 Å². The van der Waals surface area contributed by atoms with Crippen molar-refractivity contribution in [2.45, 2.75) is 6.18 Å². The quantitative estimate of drug-likeness (QED) is 0.665. The number of nitrogens with two attached hydrogens (primary N) is 1. The van der Waals surface area contributed by atoms with Crippen molar-refractivity contribution in [2.75, 3.05) is 11.1 Å². The van der Waals surface area contributed by atoms with Gasteiger partial charge in [0.15, 0.2) is 0 Å². The van der Waals surface area contributed by atoms with Crippen molar-refractivity contribution in [3.63, 3.8) is 0 Å². The van der Waals surface area contributed by atoms with Gasteiger partial charge in [0.05, 0.1) is 0 Å². The first-order valence-electron chi connectivity index (χ1n) is 7.01. The zero-order valence-corrected chi connectivity index (χ0v) is 13.8. The molecule has 0 atom stereocenters. The average Bonchev–Trinajstić information content (AvgIpc) is 3.07. The number of alkyl halides is 3. The third-order valence-electron chi connectivity index (χ3n) is 3.24. The van der Waals surface area contributed by atoms with E-state index in [0.29, 0.717) is 22.5 Å². The number of anilines is 2. The van der Waals surface area contributed by atoms with Crippen LogP contribution in [0.4, 0.5) is 24.5 Å². The molecule has 0 aliphatic heterocycles. The van der Waals surface area contributed by atoms with E-state index in [2.05, 4.69) is 20.0 Å². The zero-order chi connectivity index (χ0) is 18.0. The number of carbonyl (C=O) groups is 1. The van der Waals surface area contributed by atoms with Gasteiger partial charge in [-0.05, 0) is 36.4 Å². The van der Waals surface area contributed by atoms with E-state index in [1.165, 1.54) is 24.3 Å². The Bertz CT molecular complexity index is 893. The smallest absolute Gasteiger partial charge is 0.399 e. The zero-order valence-electron chi connectivity index (χ0n) is 12.9. The van der Waals surface area contributed by atoms with Crippen molar-refractivity contribution in [1.82, 2.24) is 10.1 Å². The Morgan fingerprint density at radius 3 is 2.19 bits per heavy atom. The van der Waals surface area contributed by atoms with Gasteiger partial charge in [0, 0.05) is 22.5 Å². The van der Waals surface area contributed by atoms with E-state index in [4.69, 9.17) is 5.73 Å². The summed E-state index contributed by atoms with van der Waals surface area (Å²) >= 11 is 0. The molecular formula is C16H12ClF3N4O2. The van der Waals surface area contributed by atoms with Crippen molar-refractivity contribution < 1.29 is 22.5 Å². The minimum absolute atomic E-state index is 0. The maximum absolute atomic E-state index is 12.5. The van der Waals surface area contributed by atoms with Gasteiger partial charge in [0.25, 0.3) is 5.91 Å². The van der Waals surface area contributed by atoms with Crippen LogP contribution in [-0.2, 0) is 6.18 Å². The fraction of sp³-hybridized carbons (Fsp3) is 0.0625. The Hall–Kier alpha value is -3.07. The van der Waals surface area contributed by atoms with Crippen LogP contribution in [0, 0.1) is 0 Å². The summed E-state index contributed by atoms with van der Waals surface area (Å²) in [5.74, 6) is -2.01. The number of halogens is 4. The number of nitrogen functional groups attached to an aromatic ring is 1. The first kappa shape index (κ1) is 19.3. The molecule has 1 amide bonds. The standard InChI is InChI=1S/C16H11F3N4O2.ClH/c17-16(18,19)15-22-13(23-25-15)9-1-3-10(4-2-9)14(24)21-12-7-5-11(20)6-8-12;/h1-8H,20H2,(H,21,24);1H. The predicted octanol–water partition coefficient (Wildman–Crippen LogP) is 4.01. The molecule has 1 heterocycles. The molecule has 0 aliphatic rings. The first-order chi connectivity index (χ1) is 11.8. The second-order valence-corrected chi connectivity index (χ2v) is 5.07. The fourth-order valence-electron chi connectivity index (χ4n) is 2.00. The van der Waals surface area contributed by atoms with Crippen LogP contribution in [0.15, 0.2) is 53.1 Å². The Kier molecular flexibility index (Phi) is 5.51. The highest BCUT2D eigenvalue weighted by Gasteiger charge is 2.38. The van der Waals surface area contributed by atoms with Gasteiger partial charge in [-0.2, -0.15) is 18.2 Å². The van der Waals surface area contributed by atoms with Gasteiger partial charge in [-0.1, -0.05) is 17.3 Å². The number of benzene rings is 2. The van der Waals surface area contributed by atoms with E-state index in [9.17, 15) is 18.0 Å². The van der Waals surface area contributed by atoms with Gasteiger partial charge in [0.1, 0.15) is 0 Å². The number of nitrogens with zero attached hydrogens (tertiary/aromatic N) is 2. The molecule has 0 spiro atoms. The number of carbonyl (C=O) groups excluding carboxylic acids is 1. The molecule has 26 heavy (non-hydrogen) atoms. The molecular weight excluding hydrogens is 373 g/mol. The van der Waals surface area contributed by atoms with Gasteiger partial charge >= 0.3 is 12.1 Å². The highest BCUT2D eigenvalue weighted by atomic mass is 35.5. The summed E-state index contributed by atoms with van der Waals surface area (Å²) in [6, 6.07) is 12.4. The van der Waals surface area contributed by atoms with Crippen molar-refractivity contribution >= 4 is 29.7 Å². The number of aromatic nitrogens is 2. The van der Waals surface area contributed by atoms with E-state index >= 15 is 0 Å². The SMILES string of the molecule is Cl.Nc1ccc(NC(=O)c2ccc(-c3noc(C(F)(F)F)n3)cc2)cc1. The van der Waals surface area contributed by atoms with Gasteiger partial charge in [-0.3, -0.25) is 4.79 Å². The van der Waals surface area contributed by atoms with Gasteiger partial charge in [-0.15, -0.1) is 12.4 Å². The summed E-state index contributed by atoms with van der Waals surface area (Å²) in [5.41, 5.74) is 7.32. The molecule has 3 rings (SSSR count). The molecule has 0 fully saturated rings. The Morgan fingerprint density at radius 2 is 1.65 bits per heavy atom. The van der Waals surface area contributed by atoms with Crippen molar-refractivity contribution in [2.24, 2.45) is 0 Å². The summed E-state index contributed by atoms with van der Waals surface area (Å²) in [7, 11) is 0. The molecule has 0 aliphatic carbocycles. The third kappa shape index (κ3) is 4.31. The largest absolute Gasteiger partial charge is 0.471 e. The van der Waals surface area contributed by atoms with Crippen molar-refractivity contribution in [1.29, 1.82) is 0 Å². The number of hydrogen-bond donors (Lipinski definition) is 2. The molecule has 6 nitrogen and oxygen atoms in total. The molecule has 0 saturated carbocycles. The maximum atomic E-state index is 12.5. The normalized spacial score (nSPS) is 10.9. The monoisotopic (exact) mass is 384 g/mol. The summed E-state index contributed by atoms with van der Waals surface area (Å²) in [6.45, 7) is 0. The molecule has 10 heteroatoms. The second-order valence-electron chi connectivity index (χ2n) is 5.07. The fourth-order valence-corrected chi connectivity index (χ4v) is 2.00. The summed E-state index contributed by atoms with van der Waals surface area (Å²) in [4.78, 5) is 15.4. The number of rotatable bonds is 3. The lowest BCUT2D eigenvalue weighted by Gasteiger charge is -2.06. The minimum atomic E-state index is -4.70. The molecule has 2 aromatic carbocycles. The van der Waals surface area contributed by atoms with E-state index in [0.717, 1.165) is 0 Å². The van der Waals surface area contributed by atoms with Crippen LogP contribution in [0.25, 0.3) is 11.4 Å². The van der Waals surface area contributed by atoms with E-state index in [1.807, 2.05) is 0 Å². The number of amides is 1. The average molecular weight is 385 g/mol. The highest BCUT2D eigenvalue weighted by molar-refractivity contribution is 6.04. The first-order valence-corrected chi connectivity index (χ1v) is 7.01. The Balaban J connectivity index is 0.00000243. The molecule has 0 saturated heterocycles. The lowest BCUT2D eigenvalue weighted by molar-refractivity contribution is -0.159. The van der Waals surface area contributed by atoms with Crippen LogP contribution in [0.1, 0.15) is 16.2 Å². The van der Waals surface area contributed by atoms with E-state index in [-0.39, 0.29) is 24.1 Å². The predicted molar refractivity (Wildman–Crippen MR) is 90.8 cm³/mol. The number of nitrogens with one attached hydrogen (secondary N) is 1. The molecule has 0 bridgehead atoms. The Morgan fingerprint density at radius 1 is 1.04 bits per heavy atom. The topological polar surface area (TPSA) is 94.0 Å². The summed E-state index contributed by atoms with van der Waals surface area (Å²) in [6.07, 6.45) is -4.70. The molecule has 1 aromatic heterocycles. The molecule has 0 radical (unpaired) electrons. The van der Waals surface area contributed by atoms with Gasteiger partial charge < -0.3 is 15.6 Å². The van der Waals surface area contributed by atoms with Crippen LogP contribution >= 0.6 is 12.4 Å².